The Balaban J connectivity index is 1.61. The summed E-state index contributed by atoms with van der Waals surface area (Å²) in [5, 5.41) is 0. The average molecular weight is 322 g/mol. The molecular weight excluding hydrogens is 299 g/mol. The molecule has 2 aliphatic rings. The molecule has 124 valence electrons. The van der Waals surface area contributed by atoms with E-state index in [1.54, 1.807) is 13.0 Å². The Labute approximate surface area is 143 Å². The first-order valence-corrected chi connectivity index (χ1v) is 8.84. The number of aryl methyl sites for hydroxylation is 1. The Morgan fingerprint density at radius 2 is 1.96 bits per heavy atom. The summed E-state index contributed by atoms with van der Waals surface area (Å²) in [6.45, 7) is 2.75. The second kappa shape index (κ2) is 6.48. The molecule has 2 bridgehead atoms. The zero-order chi connectivity index (χ0) is 16.5. The maximum Gasteiger partial charge on any atom is 0.144 e. The molecule has 1 saturated heterocycles. The summed E-state index contributed by atoms with van der Waals surface area (Å²) in [5.41, 5.74) is 4.11. The Hall–Kier alpha value is -2.00. The zero-order valence-electron chi connectivity index (χ0n) is 14.1. The molecule has 3 heterocycles. The standard InChI is InChI=1S/C21H23FN2/c1-15-20(22)10-11-21(23-15)17-12-18-8-5-9-19(13-17)24(18)14-16-6-3-2-4-7-16/h2-4,6-7,10-12,18-19H,5,8-9,13-14H2,1H3. The highest BCUT2D eigenvalue weighted by atomic mass is 19.1. The Morgan fingerprint density at radius 3 is 2.71 bits per heavy atom. The molecule has 0 spiro atoms. The summed E-state index contributed by atoms with van der Waals surface area (Å²) >= 11 is 0. The fraction of sp³-hybridized carbons (Fsp3) is 0.381. The number of halogens is 1. The van der Waals surface area contributed by atoms with Crippen LogP contribution in [0.1, 0.15) is 42.6 Å². The van der Waals surface area contributed by atoms with Crippen molar-refractivity contribution < 1.29 is 4.39 Å². The third-order valence-electron chi connectivity index (χ3n) is 5.34. The van der Waals surface area contributed by atoms with Gasteiger partial charge in [-0.1, -0.05) is 42.8 Å². The largest absolute Gasteiger partial charge is 0.289 e. The normalized spacial score (nSPS) is 23.8. The number of hydrogen-bond acceptors (Lipinski definition) is 2. The van der Waals surface area contributed by atoms with Gasteiger partial charge in [0.2, 0.25) is 0 Å². The van der Waals surface area contributed by atoms with Crippen LogP contribution in [0.5, 0.6) is 0 Å². The van der Waals surface area contributed by atoms with Gasteiger partial charge in [0, 0.05) is 18.6 Å². The minimum absolute atomic E-state index is 0.221. The summed E-state index contributed by atoms with van der Waals surface area (Å²) in [6.07, 6.45) is 7.12. The van der Waals surface area contributed by atoms with Crippen LogP contribution in [-0.4, -0.2) is 22.0 Å². The van der Waals surface area contributed by atoms with Crippen molar-refractivity contribution in [3.63, 3.8) is 0 Å². The van der Waals surface area contributed by atoms with Gasteiger partial charge in [0.25, 0.3) is 0 Å². The van der Waals surface area contributed by atoms with Crippen LogP contribution in [0.15, 0.2) is 48.5 Å². The molecule has 2 aromatic rings. The van der Waals surface area contributed by atoms with Gasteiger partial charge in [0.1, 0.15) is 5.82 Å². The fourth-order valence-corrected chi connectivity index (χ4v) is 4.07. The van der Waals surface area contributed by atoms with Crippen molar-refractivity contribution in [1.29, 1.82) is 0 Å². The van der Waals surface area contributed by atoms with Crippen LogP contribution in [-0.2, 0) is 6.54 Å². The van der Waals surface area contributed by atoms with Crippen molar-refractivity contribution in [1.82, 2.24) is 9.88 Å². The third kappa shape index (κ3) is 3.01. The van der Waals surface area contributed by atoms with Crippen LogP contribution in [0.2, 0.25) is 0 Å². The Morgan fingerprint density at radius 1 is 1.12 bits per heavy atom. The summed E-state index contributed by atoms with van der Waals surface area (Å²) < 4.78 is 13.5. The topological polar surface area (TPSA) is 16.1 Å². The monoisotopic (exact) mass is 322 g/mol. The lowest BCUT2D eigenvalue weighted by Crippen LogP contribution is -2.47. The SMILES string of the molecule is Cc1nc(C2=CC3CCCC(C2)N3Cc2ccccc2)ccc1F. The van der Waals surface area contributed by atoms with E-state index in [4.69, 9.17) is 0 Å². The van der Waals surface area contributed by atoms with E-state index in [-0.39, 0.29) is 5.82 Å². The molecule has 2 atom stereocenters. The van der Waals surface area contributed by atoms with Crippen LogP contribution < -0.4 is 0 Å². The number of hydrogen-bond donors (Lipinski definition) is 0. The molecule has 1 fully saturated rings. The predicted octanol–water partition coefficient (Wildman–Crippen LogP) is 4.74. The van der Waals surface area contributed by atoms with E-state index >= 15 is 0 Å². The minimum Gasteiger partial charge on any atom is -0.289 e. The molecule has 0 radical (unpaired) electrons. The van der Waals surface area contributed by atoms with E-state index in [0.717, 1.165) is 18.7 Å². The maximum atomic E-state index is 13.5. The Kier molecular flexibility index (Phi) is 4.19. The minimum atomic E-state index is -0.221. The van der Waals surface area contributed by atoms with Gasteiger partial charge in [0.05, 0.1) is 11.4 Å². The van der Waals surface area contributed by atoms with E-state index in [2.05, 4.69) is 46.3 Å². The third-order valence-corrected chi connectivity index (χ3v) is 5.34. The van der Waals surface area contributed by atoms with Gasteiger partial charge >= 0.3 is 0 Å². The molecule has 2 unspecified atom stereocenters. The van der Waals surface area contributed by atoms with Crippen LogP contribution in [0.4, 0.5) is 4.39 Å². The quantitative estimate of drug-likeness (QED) is 0.811. The molecule has 0 amide bonds. The lowest BCUT2D eigenvalue weighted by atomic mass is 9.83. The van der Waals surface area contributed by atoms with Gasteiger partial charge in [-0.3, -0.25) is 9.88 Å². The van der Waals surface area contributed by atoms with Crippen LogP contribution in [0.3, 0.4) is 0 Å². The highest BCUT2D eigenvalue weighted by Gasteiger charge is 2.34. The first kappa shape index (κ1) is 15.5. The maximum absolute atomic E-state index is 13.5. The molecule has 1 aromatic carbocycles. The summed E-state index contributed by atoms with van der Waals surface area (Å²) in [6, 6.07) is 15.1. The second-order valence-electron chi connectivity index (χ2n) is 6.97. The molecule has 24 heavy (non-hydrogen) atoms. The van der Waals surface area contributed by atoms with Gasteiger partial charge in [0.15, 0.2) is 0 Å². The number of nitrogens with zero attached hydrogens (tertiary/aromatic N) is 2. The molecule has 1 aromatic heterocycles. The second-order valence-corrected chi connectivity index (χ2v) is 6.97. The van der Waals surface area contributed by atoms with E-state index in [1.165, 1.54) is 30.4 Å². The average Bonchev–Trinajstić information content (AvgIpc) is 2.58. The smallest absolute Gasteiger partial charge is 0.144 e. The number of pyridine rings is 1. The van der Waals surface area contributed by atoms with Gasteiger partial charge in [-0.25, -0.2) is 4.39 Å². The van der Waals surface area contributed by atoms with Crippen molar-refractivity contribution in [2.24, 2.45) is 0 Å². The van der Waals surface area contributed by atoms with E-state index in [1.807, 2.05) is 6.07 Å². The molecule has 4 rings (SSSR count). The lowest BCUT2D eigenvalue weighted by molar-refractivity contribution is 0.0950. The van der Waals surface area contributed by atoms with Crippen molar-refractivity contribution in [2.45, 2.75) is 51.2 Å². The van der Waals surface area contributed by atoms with Gasteiger partial charge < -0.3 is 0 Å². The molecule has 0 N–H and O–H groups in total. The molecule has 2 nitrogen and oxygen atoms in total. The van der Waals surface area contributed by atoms with Crippen molar-refractivity contribution in [3.05, 3.63) is 71.3 Å². The molecule has 0 aliphatic carbocycles. The van der Waals surface area contributed by atoms with Crippen LogP contribution in [0, 0.1) is 12.7 Å². The summed E-state index contributed by atoms with van der Waals surface area (Å²) in [5.74, 6) is -0.221. The van der Waals surface area contributed by atoms with Crippen LogP contribution in [0.25, 0.3) is 5.57 Å². The molecule has 3 heteroatoms. The Bertz CT molecular complexity index is 754. The van der Waals surface area contributed by atoms with Crippen LogP contribution >= 0.6 is 0 Å². The van der Waals surface area contributed by atoms with Gasteiger partial charge in [-0.15, -0.1) is 0 Å². The number of aromatic nitrogens is 1. The zero-order valence-corrected chi connectivity index (χ0v) is 14.1. The van der Waals surface area contributed by atoms with Crippen molar-refractivity contribution in [3.8, 4) is 0 Å². The van der Waals surface area contributed by atoms with Crippen molar-refractivity contribution in [2.75, 3.05) is 0 Å². The first-order valence-electron chi connectivity index (χ1n) is 8.84. The highest BCUT2D eigenvalue weighted by Crippen LogP contribution is 2.37. The number of fused-ring (bicyclic) bond motifs is 2. The highest BCUT2D eigenvalue weighted by molar-refractivity contribution is 5.65. The van der Waals surface area contributed by atoms with E-state index in [0.29, 0.717) is 17.8 Å². The molecular formula is C21H23FN2. The van der Waals surface area contributed by atoms with Crippen molar-refractivity contribution >= 4 is 5.57 Å². The number of rotatable bonds is 3. The first-order chi connectivity index (χ1) is 11.7. The lowest BCUT2D eigenvalue weighted by Gasteiger charge is -2.45. The number of piperidine rings is 1. The number of benzene rings is 1. The van der Waals surface area contributed by atoms with E-state index < -0.39 is 0 Å². The fourth-order valence-electron chi connectivity index (χ4n) is 4.07. The predicted molar refractivity (Wildman–Crippen MR) is 94.9 cm³/mol. The summed E-state index contributed by atoms with van der Waals surface area (Å²) in [4.78, 5) is 7.11. The summed E-state index contributed by atoms with van der Waals surface area (Å²) in [7, 11) is 0. The molecule has 2 aliphatic heterocycles. The van der Waals surface area contributed by atoms with E-state index in [9.17, 15) is 4.39 Å². The molecule has 0 saturated carbocycles. The van der Waals surface area contributed by atoms with Gasteiger partial charge in [-0.2, -0.15) is 0 Å². The van der Waals surface area contributed by atoms with Gasteiger partial charge in [-0.05, 0) is 49.5 Å².